The Morgan fingerprint density at radius 2 is 2.00 bits per heavy atom. The standard InChI is InChI=1S/C27H36N6O4/c1-16(2)33(17(3)4)14-19(34)15-37-22-10-9-21-23(24(22)36-6)30-27(32-13-12-29-25(21)32)31-26(35)20-8-7-11-28-18(20)5/h7-11,16-17,19,29,34H,12-15H2,1-6H3/t19-/m1/s1. The van der Waals surface area contributed by atoms with Crippen LogP contribution in [-0.4, -0.2) is 75.4 Å². The summed E-state index contributed by atoms with van der Waals surface area (Å²) in [6.07, 6.45) is 0.963. The summed E-state index contributed by atoms with van der Waals surface area (Å²) >= 11 is 0. The Kier molecular flexibility index (Phi) is 8.09. The molecule has 1 aliphatic rings. The van der Waals surface area contributed by atoms with E-state index in [9.17, 15) is 9.90 Å². The molecule has 4 rings (SSSR count). The Bertz CT molecular complexity index is 1340. The smallest absolute Gasteiger partial charge is 0.282 e. The molecule has 1 aromatic carbocycles. The number of benzene rings is 1. The van der Waals surface area contributed by atoms with Crippen molar-refractivity contribution in [2.45, 2.75) is 59.4 Å². The number of nitrogens with one attached hydrogen (secondary N) is 1. The molecule has 1 amide bonds. The SMILES string of the molecule is COc1c(OC[C@H](O)CN(C(C)C)C(C)C)ccc2c3n(c(=NC(=O)c4cccnc4C)nc12)CCN3. The summed E-state index contributed by atoms with van der Waals surface area (Å²) in [6.45, 7) is 12.1. The molecule has 0 fully saturated rings. The molecule has 0 bridgehead atoms. The highest BCUT2D eigenvalue weighted by Gasteiger charge is 2.22. The van der Waals surface area contributed by atoms with Gasteiger partial charge in [-0.25, -0.2) is 4.98 Å². The van der Waals surface area contributed by atoms with Crippen molar-refractivity contribution in [3.05, 3.63) is 47.3 Å². The van der Waals surface area contributed by atoms with Gasteiger partial charge in [-0.1, -0.05) is 0 Å². The first kappa shape index (κ1) is 26.6. The molecule has 0 saturated carbocycles. The van der Waals surface area contributed by atoms with E-state index in [1.54, 1.807) is 32.4 Å². The van der Waals surface area contributed by atoms with Crippen LogP contribution in [0.1, 0.15) is 43.7 Å². The Morgan fingerprint density at radius 3 is 2.68 bits per heavy atom. The largest absolute Gasteiger partial charge is 0.491 e. The first-order chi connectivity index (χ1) is 17.7. The van der Waals surface area contributed by atoms with Gasteiger partial charge in [-0.15, -0.1) is 0 Å². The van der Waals surface area contributed by atoms with Crippen molar-refractivity contribution in [3.8, 4) is 11.5 Å². The molecule has 0 saturated heterocycles. The van der Waals surface area contributed by atoms with E-state index in [-0.39, 0.29) is 12.2 Å². The fourth-order valence-electron chi connectivity index (χ4n) is 4.71. The number of rotatable bonds is 9. The zero-order chi connectivity index (χ0) is 26.7. The number of hydrogen-bond acceptors (Lipinski definition) is 8. The van der Waals surface area contributed by atoms with E-state index < -0.39 is 12.0 Å². The van der Waals surface area contributed by atoms with Crippen molar-refractivity contribution in [2.24, 2.45) is 4.99 Å². The number of nitrogens with zero attached hydrogens (tertiary/aromatic N) is 5. The van der Waals surface area contributed by atoms with Crippen LogP contribution in [0.3, 0.4) is 0 Å². The van der Waals surface area contributed by atoms with Gasteiger partial charge in [0.15, 0.2) is 11.5 Å². The number of carbonyl (C=O) groups excluding carboxylic acids is 1. The molecule has 2 N–H and O–H groups in total. The molecule has 1 atom stereocenters. The minimum atomic E-state index is -0.679. The molecule has 0 radical (unpaired) electrons. The van der Waals surface area contributed by atoms with Crippen molar-refractivity contribution >= 4 is 22.6 Å². The van der Waals surface area contributed by atoms with Gasteiger partial charge in [0.25, 0.3) is 5.91 Å². The number of aliphatic hydroxyl groups excluding tert-OH is 1. The van der Waals surface area contributed by atoms with E-state index >= 15 is 0 Å². The summed E-state index contributed by atoms with van der Waals surface area (Å²) in [5.41, 5.74) is 1.84. The summed E-state index contributed by atoms with van der Waals surface area (Å²) < 4.78 is 13.6. The van der Waals surface area contributed by atoms with Gasteiger partial charge < -0.3 is 19.9 Å². The number of fused-ring (bicyclic) bond motifs is 3. The maximum atomic E-state index is 13.0. The number of hydrogen-bond donors (Lipinski definition) is 2. The van der Waals surface area contributed by atoms with Gasteiger partial charge >= 0.3 is 0 Å². The third-order valence-electron chi connectivity index (χ3n) is 6.52. The maximum Gasteiger partial charge on any atom is 0.282 e. The Hall–Kier alpha value is -3.50. The quantitative estimate of drug-likeness (QED) is 0.454. The van der Waals surface area contributed by atoms with Crippen LogP contribution >= 0.6 is 0 Å². The molecule has 1 aliphatic heterocycles. The van der Waals surface area contributed by atoms with Crippen molar-refractivity contribution in [3.63, 3.8) is 0 Å². The highest BCUT2D eigenvalue weighted by Crippen LogP contribution is 2.37. The molecular weight excluding hydrogens is 472 g/mol. The number of methoxy groups -OCH3 is 1. The van der Waals surface area contributed by atoms with Crippen LogP contribution in [0, 0.1) is 6.92 Å². The van der Waals surface area contributed by atoms with Crippen LogP contribution in [0.25, 0.3) is 10.9 Å². The van der Waals surface area contributed by atoms with Crippen molar-refractivity contribution in [1.82, 2.24) is 19.4 Å². The Morgan fingerprint density at radius 1 is 1.24 bits per heavy atom. The summed E-state index contributed by atoms with van der Waals surface area (Å²) in [6, 6.07) is 7.76. The fraction of sp³-hybridized carbons (Fsp3) is 0.481. The van der Waals surface area contributed by atoms with E-state index in [0.717, 1.165) is 11.2 Å². The lowest BCUT2D eigenvalue weighted by molar-refractivity contribution is 0.0439. The molecule has 10 nitrogen and oxygen atoms in total. The van der Waals surface area contributed by atoms with Gasteiger partial charge in [0.1, 0.15) is 24.0 Å². The van der Waals surface area contributed by atoms with Gasteiger partial charge in [-0.2, -0.15) is 4.99 Å². The van der Waals surface area contributed by atoms with E-state index in [1.165, 1.54) is 0 Å². The number of amides is 1. The van der Waals surface area contributed by atoms with Crippen molar-refractivity contribution in [2.75, 3.05) is 32.1 Å². The zero-order valence-electron chi connectivity index (χ0n) is 22.4. The van der Waals surface area contributed by atoms with Crippen LogP contribution in [0.2, 0.25) is 0 Å². The molecule has 3 aromatic rings. The number of aryl methyl sites for hydroxylation is 1. The molecule has 37 heavy (non-hydrogen) atoms. The number of carbonyl (C=O) groups is 1. The molecule has 2 aromatic heterocycles. The van der Waals surface area contributed by atoms with Crippen molar-refractivity contribution < 1.29 is 19.4 Å². The molecule has 0 unspecified atom stereocenters. The minimum Gasteiger partial charge on any atom is -0.491 e. The Balaban J connectivity index is 1.69. The minimum absolute atomic E-state index is 0.103. The first-order valence-corrected chi connectivity index (χ1v) is 12.6. The second kappa shape index (κ2) is 11.3. The summed E-state index contributed by atoms with van der Waals surface area (Å²) in [7, 11) is 1.55. The van der Waals surface area contributed by atoms with Crippen molar-refractivity contribution in [1.29, 1.82) is 0 Å². The van der Waals surface area contributed by atoms with Crippen LogP contribution in [0.5, 0.6) is 11.5 Å². The number of ether oxygens (including phenoxy) is 2. The van der Waals surface area contributed by atoms with E-state index in [1.807, 2.05) is 16.7 Å². The molecule has 10 heteroatoms. The summed E-state index contributed by atoms with van der Waals surface area (Å²) in [5, 5.41) is 14.9. The lowest BCUT2D eigenvalue weighted by Crippen LogP contribution is -2.43. The van der Waals surface area contributed by atoms with Crippen LogP contribution in [-0.2, 0) is 6.54 Å². The number of anilines is 1. The van der Waals surface area contributed by atoms with Gasteiger partial charge in [0, 0.05) is 43.3 Å². The fourth-order valence-corrected chi connectivity index (χ4v) is 4.71. The average molecular weight is 509 g/mol. The highest BCUT2D eigenvalue weighted by atomic mass is 16.5. The predicted molar refractivity (Wildman–Crippen MR) is 142 cm³/mol. The third-order valence-corrected chi connectivity index (χ3v) is 6.52. The van der Waals surface area contributed by atoms with Crippen LogP contribution in [0.4, 0.5) is 5.82 Å². The molecule has 0 spiro atoms. The predicted octanol–water partition coefficient (Wildman–Crippen LogP) is 2.77. The highest BCUT2D eigenvalue weighted by molar-refractivity contribution is 5.97. The van der Waals surface area contributed by atoms with Gasteiger partial charge in [-0.05, 0) is 58.9 Å². The molecule has 0 aliphatic carbocycles. The van der Waals surface area contributed by atoms with Gasteiger partial charge in [-0.3, -0.25) is 19.2 Å². The second-order valence-corrected chi connectivity index (χ2v) is 9.73. The zero-order valence-corrected chi connectivity index (χ0v) is 22.4. The topological polar surface area (TPSA) is 114 Å². The molecule has 198 valence electrons. The summed E-state index contributed by atoms with van der Waals surface area (Å²) in [4.78, 5) is 28.5. The maximum absolute atomic E-state index is 13.0. The van der Waals surface area contributed by atoms with E-state index in [0.29, 0.717) is 60.0 Å². The lowest BCUT2D eigenvalue weighted by atomic mass is 10.2. The van der Waals surface area contributed by atoms with Gasteiger partial charge in [0.05, 0.1) is 18.4 Å². The number of pyridine rings is 1. The van der Waals surface area contributed by atoms with Gasteiger partial charge in [0.2, 0.25) is 5.62 Å². The Labute approximate surface area is 217 Å². The monoisotopic (exact) mass is 508 g/mol. The first-order valence-electron chi connectivity index (χ1n) is 12.6. The second-order valence-electron chi connectivity index (χ2n) is 9.73. The molecule has 3 heterocycles. The third kappa shape index (κ3) is 5.60. The molecular formula is C27H36N6O4. The average Bonchev–Trinajstić information content (AvgIpc) is 3.36. The van der Waals surface area contributed by atoms with E-state index in [4.69, 9.17) is 14.5 Å². The van der Waals surface area contributed by atoms with Crippen LogP contribution < -0.4 is 20.4 Å². The summed E-state index contributed by atoms with van der Waals surface area (Å²) in [5.74, 6) is 1.29. The number of aromatic nitrogens is 3. The normalized spacial score (nSPS) is 14.4. The number of aliphatic hydroxyl groups is 1. The van der Waals surface area contributed by atoms with Crippen LogP contribution in [0.15, 0.2) is 35.5 Å². The van der Waals surface area contributed by atoms with E-state index in [2.05, 4.69) is 47.9 Å². The lowest BCUT2D eigenvalue weighted by Gasteiger charge is -2.32.